The zero-order valence-electron chi connectivity index (χ0n) is 14.3. The second-order valence-corrected chi connectivity index (χ2v) is 7.30. The van der Waals surface area contributed by atoms with Crippen LogP contribution >= 0.6 is 20.4 Å². The summed E-state index contributed by atoms with van der Waals surface area (Å²) in [5.74, 6) is 0.586. The average molecular weight is 385 g/mol. The number of benzene rings is 3. The van der Waals surface area contributed by atoms with Gasteiger partial charge in [-0.25, -0.2) is 5.09 Å². The number of ether oxygens (including phenoxy) is 1. The number of fused-ring (bicyclic) bond motifs is 1. The summed E-state index contributed by atoms with van der Waals surface area (Å²) in [6, 6.07) is 22.9. The Morgan fingerprint density at radius 1 is 1.04 bits per heavy atom. The fourth-order valence-electron chi connectivity index (χ4n) is 2.50. The smallest absolute Gasteiger partial charge is 0.305 e. The van der Waals surface area contributed by atoms with Gasteiger partial charge in [-0.05, 0) is 36.2 Å². The largest absolute Gasteiger partial charge is 0.481 e. The van der Waals surface area contributed by atoms with Crippen LogP contribution in [0, 0.1) is 0 Å². The fraction of sp³-hybridized carbons (Fsp3) is 0.150. The molecule has 0 bridgehead atoms. The molecule has 0 aliphatic heterocycles. The molecule has 1 unspecified atom stereocenters. The lowest BCUT2D eigenvalue weighted by molar-refractivity contribution is 0.287. The van der Waals surface area contributed by atoms with Gasteiger partial charge in [0, 0.05) is 5.39 Å². The summed E-state index contributed by atoms with van der Waals surface area (Å²) in [5, 5.41) is 5.20. The average Bonchev–Trinajstić information content (AvgIpc) is 2.67. The van der Waals surface area contributed by atoms with Crippen molar-refractivity contribution in [2.24, 2.45) is 0 Å². The van der Waals surface area contributed by atoms with Crippen LogP contribution in [0.3, 0.4) is 0 Å². The maximum atomic E-state index is 12.4. The molecule has 0 saturated heterocycles. The zero-order valence-corrected chi connectivity index (χ0v) is 16.2. The Balaban J connectivity index is 1.56. The number of rotatable bonds is 7. The van der Waals surface area contributed by atoms with E-state index in [-0.39, 0.29) is 6.04 Å². The van der Waals surface area contributed by atoms with Crippen molar-refractivity contribution >= 4 is 36.2 Å². The third kappa shape index (κ3) is 4.92. The van der Waals surface area contributed by atoms with E-state index in [9.17, 15) is 4.57 Å². The Hall–Kier alpha value is -2.20. The molecule has 6 heteroatoms. The third-order valence-electron chi connectivity index (χ3n) is 3.86. The Morgan fingerprint density at radius 3 is 2.54 bits per heavy atom. The van der Waals surface area contributed by atoms with Crippen LogP contribution in [0.5, 0.6) is 5.75 Å². The van der Waals surface area contributed by atoms with Crippen LogP contribution in [0.25, 0.3) is 10.8 Å². The molecule has 1 N–H and O–H groups in total. The van der Waals surface area contributed by atoms with Crippen molar-refractivity contribution < 1.29 is 13.8 Å². The van der Waals surface area contributed by atoms with Gasteiger partial charge in [0.15, 0.2) is 5.05 Å². The molecule has 3 aromatic rings. The Kier molecular flexibility index (Phi) is 6.40. The first-order chi connectivity index (χ1) is 12.6. The van der Waals surface area contributed by atoms with E-state index >= 15 is 0 Å². The van der Waals surface area contributed by atoms with Gasteiger partial charge < -0.3 is 9.26 Å². The van der Waals surface area contributed by atoms with Crippen LogP contribution in [0.2, 0.25) is 0 Å². The standard InChI is InChI=1S/C20H20NO3PS/c1-15(20(26)23-14-16-8-3-2-4-9-16)21-25(22)24-19-13-7-11-17-10-5-6-12-18(17)19/h2-13,15,25H,14H2,1H3,(H,21,22)/t15-/m0/s1. The van der Waals surface area contributed by atoms with Gasteiger partial charge in [0.05, 0.1) is 6.04 Å². The Bertz CT molecular complexity index is 912. The highest BCUT2D eigenvalue weighted by Gasteiger charge is 2.14. The lowest BCUT2D eigenvalue weighted by Gasteiger charge is -2.17. The predicted molar refractivity (Wildman–Crippen MR) is 110 cm³/mol. The van der Waals surface area contributed by atoms with Crippen molar-refractivity contribution in [3.63, 3.8) is 0 Å². The lowest BCUT2D eigenvalue weighted by Crippen LogP contribution is -2.30. The van der Waals surface area contributed by atoms with E-state index < -0.39 is 8.18 Å². The summed E-state index contributed by atoms with van der Waals surface area (Å²) >= 11 is 5.27. The summed E-state index contributed by atoms with van der Waals surface area (Å²) in [4.78, 5) is 0. The molecular weight excluding hydrogens is 365 g/mol. The molecule has 0 heterocycles. The monoisotopic (exact) mass is 385 g/mol. The SMILES string of the molecule is C[C@H](N[PH](=O)Oc1cccc2ccccc12)C(=S)OCc1ccccc1. The normalized spacial score (nSPS) is 13.1. The van der Waals surface area contributed by atoms with Crippen molar-refractivity contribution in [1.29, 1.82) is 0 Å². The van der Waals surface area contributed by atoms with E-state index in [0.29, 0.717) is 17.4 Å². The second kappa shape index (κ2) is 8.95. The van der Waals surface area contributed by atoms with Gasteiger partial charge in [-0.1, -0.05) is 66.7 Å². The van der Waals surface area contributed by atoms with Crippen LogP contribution in [0.1, 0.15) is 12.5 Å². The number of hydrogen-bond donors (Lipinski definition) is 1. The number of hydrogen-bond acceptors (Lipinski definition) is 4. The van der Waals surface area contributed by atoms with Gasteiger partial charge in [0.2, 0.25) is 0 Å². The first-order valence-corrected chi connectivity index (χ1v) is 10.0. The summed E-state index contributed by atoms with van der Waals surface area (Å²) in [6.45, 7) is 2.19. The van der Waals surface area contributed by atoms with Crippen LogP contribution in [0.15, 0.2) is 72.8 Å². The van der Waals surface area contributed by atoms with E-state index in [2.05, 4.69) is 5.09 Å². The molecule has 3 aromatic carbocycles. The first-order valence-electron chi connectivity index (χ1n) is 8.30. The molecule has 0 aliphatic carbocycles. The maximum Gasteiger partial charge on any atom is 0.305 e. The third-order valence-corrected chi connectivity index (χ3v) is 5.41. The fourth-order valence-corrected chi connectivity index (χ4v) is 3.65. The molecule has 134 valence electrons. The van der Waals surface area contributed by atoms with Crippen molar-refractivity contribution in [3.05, 3.63) is 78.4 Å². The van der Waals surface area contributed by atoms with Crippen molar-refractivity contribution in [2.45, 2.75) is 19.6 Å². The molecule has 0 spiro atoms. The van der Waals surface area contributed by atoms with E-state index in [1.165, 1.54) is 0 Å². The highest BCUT2D eigenvalue weighted by atomic mass is 32.1. The highest BCUT2D eigenvalue weighted by molar-refractivity contribution is 7.80. The highest BCUT2D eigenvalue weighted by Crippen LogP contribution is 2.31. The van der Waals surface area contributed by atoms with Crippen molar-refractivity contribution in [3.8, 4) is 5.75 Å². The zero-order chi connectivity index (χ0) is 18.4. The molecule has 0 aliphatic rings. The predicted octanol–water partition coefficient (Wildman–Crippen LogP) is 5.13. The van der Waals surface area contributed by atoms with Gasteiger partial charge in [-0.15, -0.1) is 0 Å². The summed E-state index contributed by atoms with van der Waals surface area (Å²) in [5.41, 5.74) is 1.03. The van der Waals surface area contributed by atoms with Crippen LogP contribution < -0.4 is 9.61 Å². The lowest BCUT2D eigenvalue weighted by atomic mass is 10.1. The first kappa shape index (κ1) is 18.6. The Labute approximate surface area is 159 Å². The van der Waals surface area contributed by atoms with Crippen molar-refractivity contribution in [2.75, 3.05) is 0 Å². The summed E-state index contributed by atoms with van der Waals surface area (Å²) in [7, 11) is -2.53. The minimum atomic E-state index is -2.53. The van der Waals surface area contributed by atoms with Gasteiger partial charge in [0.25, 0.3) is 0 Å². The minimum Gasteiger partial charge on any atom is -0.481 e. The molecular formula is C20H20NO3PS. The second-order valence-electron chi connectivity index (χ2n) is 5.83. The molecule has 26 heavy (non-hydrogen) atoms. The molecule has 0 fully saturated rings. The number of thiocarbonyl (C=S) groups is 1. The molecule has 4 nitrogen and oxygen atoms in total. The van der Waals surface area contributed by atoms with Gasteiger partial charge in [0.1, 0.15) is 12.4 Å². The molecule has 2 atom stereocenters. The van der Waals surface area contributed by atoms with Crippen molar-refractivity contribution in [1.82, 2.24) is 5.09 Å². The molecule has 3 rings (SSSR count). The summed E-state index contributed by atoms with van der Waals surface area (Å²) in [6.07, 6.45) is 0. The quantitative estimate of drug-likeness (QED) is 0.451. The molecule has 0 aromatic heterocycles. The topological polar surface area (TPSA) is 47.6 Å². The van der Waals surface area contributed by atoms with E-state index in [1.807, 2.05) is 79.7 Å². The maximum absolute atomic E-state index is 12.4. The van der Waals surface area contributed by atoms with E-state index in [1.54, 1.807) is 0 Å². The Morgan fingerprint density at radius 2 is 1.73 bits per heavy atom. The van der Waals surface area contributed by atoms with Gasteiger partial charge in [-0.3, -0.25) is 4.57 Å². The van der Waals surface area contributed by atoms with Gasteiger partial charge in [-0.2, -0.15) is 0 Å². The van der Waals surface area contributed by atoms with Crippen LogP contribution in [-0.4, -0.2) is 11.1 Å². The molecule has 0 saturated carbocycles. The molecule has 0 radical (unpaired) electrons. The molecule has 0 amide bonds. The van der Waals surface area contributed by atoms with Gasteiger partial charge >= 0.3 is 8.18 Å². The van der Waals surface area contributed by atoms with E-state index in [0.717, 1.165) is 16.3 Å². The minimum absolute atomic E-state index is 0.355. The van der Waals surface area contributed by atoms with Crippen LogP contribution in [0.4, 0.5) is 0 Å². The number of nitrogens with one attached hydrogen (secondary N) is 1. The van der Waals surface area contributed by atoms with Crippen LogP contribution in [-0.2, 0) is 15.9 Å². The summed E-state index contributed by atoms with van der Waals surface area (Å²) < 4.78 is 23.6. The van der Waals surface area contributed by atoms with E-state index in [4.69, 9.17) is 21.5 Å².